The first kappa shape index (κ1) is 23.4. The van der Waals surface area contributed by atoms with E-state index in [0.29, 0.717) is 18.8 Å². The van der Waals surface area contributed by atoms with Crippen LogP contribution in [-0.4, -0.2) is 53.0 Å². The Morgan fingerprint density at radius 3 is 2.23 bits per heavy atom. The van der Waals surface area contributed by atoms with Crippen molar-refractivity contribution >= 4 is 18.0 Å². The summed E-state index contributed by atoms with van der Waals surface area (Å²) in [4.78, 5) is 36.4. The maximum absolute atomic E-state index is 12.6. The van der Waals surface area contributed by atoms with E-state index in [0.717, 1.165) is 17.5 Å². The normalized spacial score (nSPS) is 25.9. The lowest BCUT2D eigenvalue weighted by Gasteiger charge is -2.40. The molecule has 0 radical (unpaired) electrons. The largest absolute Gasteiger partial charge is 0.480 e. The number of fused-ring (bicyclic) bond motifs is 4. The number of nitrogens with one attached hydrogen (secondary N) is 2. The Kier molecular flexibility index (Phi) is 6.23. The van der Waals surface area contributed by atoms with Gasteiger partial charge < -0.3 is 25.6 Å². The molecule has 2 saturated carbocycles. The zero-order valence-corrected chi connectivity index (χ0v) is 19.5. The smallest absolute Gasteiger partial charge is 0.407 e. The van der Waals surface area contributed by atoms with Gasteiger partial charge in [0.15, 0.2) is 6.04 Å². The lowest BCUT2D eigenvalue weighted by atomic mass is 9.71. The number of carboxylic acids is 1. The molecule has 6 atom stereocenters. The van der Waals surface area contributed by atoms with Crippen LogP contribution in [0.25, 0.3) is 11.1 Å². The first-order valence-electron chi connectivity index (χ1n) is 12.2. The predicted octanol–water partition coefficient (Wildman–Crippen LogP) is 2.89. The third-order valence-corrected chi connectivity index (χ3v) is 7.89. The topological polar surface area (TPSA) is 125 Å². The molecule has 184 valence electrons. The minimum Gasteiger partial charge on any atom is -0.480 e. The fourth-order valence-corrected chi connectivity index (χ4v) is 6.06. The Hall–Kier alpha value is -3.39. The van der Waals surface area contributed by atoms with Gasteiger partial charge in [-0.25, -0.2) is 9.59 Å². The van der Waals surface area contributed by atoms with Gasteiger partial charge in [-0.2, -0.15) is 0 Å². The molecule has 2 amide bonds. The number of aliphatic hydroxyl groups is 1. The molecule has 0 saturated heterocycles. The number of carboxylic acid groups (broad SMARTS) is 1. The zero-order valence-electron chi connectivity index (χ0n) is 19.5. The van der Waals surface area contributed by atoms with E-state index >= 15 is 0 Å². The average Bonchev–Trinajstić information content (AvgIpc) is 3.34. The molecule has 0 aromatic heterocycles. The number of hydrogen-bond acceptors (Lipinski definition) is 5. The third kappa shape index (κ3) is 4.38. The summed E-state index contributed by atoms with van der Waals surface area (Å²) in [5, 5.41) is 24.2. The molecular weight excluding hydrogens is 448 g/mol. The van der Waals surface area contributed by atoms with Crippen LogP contribution in [0.5, 0.6) is 0 Å². The number of amides is 2. The average molecular weight is 479 g/mol. The van der Waals surface area contributed by atoms with Crippen molar-refractivity contribution in [2.24, 2.45) is 17.8 Å². The highest BCUT2D eigenvalue weighted by Crippen LogP contribution is 2.50. The standard InChI is InChI=1S/C27H30N2O6/c1-14(30)24(26(32)33)29-25(31)16-10-15-12-23(21(15)11-16)28-27(34)35-13-22-19-8-4-2-6-17(19)18-7-3-5-9-20(18)22/h2-9,14-16,21-24,30H,10-13H2,1H3,(H,28,34)(H,29,31)(H,32,33)/t14-,15-,16?,21-,23+,24+/m1/s1. The van der Waals surface area contributed by atoms with E-state index in [-0.39, 0.29) is 36.3 Å². The number of aliphatic hydroxyl groups excluding tert-OH is 1. The summed E-state index contributed by atoms with van der Waals surface area (Å²) in [7, 11) is 0. The first-order chi connectivity index (χ1) is 16.8. The van der Waals surface area contributed by atoms with E-state index in [1.54, 1.807) is 0 Å². The molecule has 35 heavy (non-hydrogen) atoms. The van der Waals surface area contributed by atoms with Crippen LogP contribution in [0.3, 0.4) is 0 Å². The van der Waals surface area contributed by atoms with Crippen LogP contribution < -0.4 is 10.6 Å². The lowest BCUT2D eigenvalue weighted by molar-refractivity contribution is -0.145. The van der Waals surface area contributed by atoms with Gasteiger partial charge in [-0.05, 0) is 60.3 Å². The summed E-state index contributed by atoms with van der Waals surface area (Å²) >= 11 is 0. The van der Waals surface area contributed by atoms with E-state index in [9.17, 15) is 24.6 Å². The number of carbonyl (C=O) groups excluding carboxylic acids is 2. The van der Waals surface area contributed by atoms with Crippen LogP contribution in [0.4, 0.5) is 4.79 Å². The fraction of sp³-hybridized carbons (Fsp3) is 0.444. The molecule has 2 aromatic rings. The van der Waals surface area contributed by atoms with E-state index < -0.39 is 24.2 Å². The first-order valence-corrected chi connectivity index (χ1v) is 12.2. The summed E-state index contributed by atoms with van der Waals surface area (Å²) in [6.45, 7) is 1.59. The predicted molar refractivity (Wildman–Crippen MR) is 128 cm³/mol. The molecule has 5 rings (SSSR count). The van der Waals surface area contributed by atoms with Gasteiger partial charge in [0.25, 0.3) is 0 Å². The molecule has 0 spiro atoms. The van der Waals surface area contributed by atoms with Crippen molar-refractivity contribution in [3.05, 3.63) is 59.7 Å². The van der Waals surface area contributed by atoms with Crippen LogP contribution in [0.2, 0.25) is 0 Å². The van der Waals surface area contributed by atoms with Crippen molar-refractivity contribution in [3.63, 3.8) is 0 Å². The highest BCUT2D eigenvalue weighted by molar-refractivity contribution is 5.85. The molecule has 2 fully saturated rings. The minimum atomic E-state index is -1.32. The zero-order chi connectivity index (χ0) is 24.7. The number of benzene rings is 2. The molecule has 1 unspecified atom stereocenters. The monoisotopic (exact) mass is 478 g/mol. The van der Waals surface area contributed by atoms with Gasteiger partial charge in [0.05, 0.1) is 6.10 Å². The Morgan fingerprint density at radius 2 is 1.63 bits per heavy atom. The van der Waals surface area contributed by atoms with Crippen molar-refractivity contribution in [1.29, 1.82) is 0 Å². The quantitative estimate of drug-likeness (QED) is 0.485. The summed E-state index contributed by atoms with van der Waals surface area (Å²) in [5.41, 5.74) is 4.67. The Morgan fingerprint density at radius 1 is 1.00 bits per heavy atom. The van der Waals surface area contributed by atoms with E-state index in [1.807, 2.05) is 24.3 Å². The van der Waals surface area contributed by atoms with E-state index in [4.69, 9.17) is 4.74 Å². The molecule has 8 nitrogen and oxygen atoms in total. The maximum atomic E-state index is 12.6. The summed E-state index contributed by atoms with van der Waals surface area (Å²) in [6, 6.07) is 15.0. The van der Waals surface area contributed by atoms with Gasteiger partial charge in [0.1, 0.15) is 6.61 Å². The number of aliphatic carboxylic acids is 1. The molecule has 0 aliphatic heterocycles. The molecule has 0 bridgehead atoms. The molecule has 2 aromatic carbocycles. The molecular formula is C27H30N2O6. The Bertz CT molecular complexity index is 1100. The highest BCUT2D eigenvalue weighted by Gasteiger charge is 2.50. The van der Waals surface area contributed by atoms with Crippen LogP contribution in [0.15, 0.2) is 48.5 Å². The number of ether oxygens (including phenoxy) is 1. The number of alkyl carbamates (subject to hydrolysis) is 1. The highest BCUT2D eigenvalue weighted by atomic mass is 16.5. The number of hydrogen-bond donors (Lipinski definition) is 4. The van der Waals surface area contributed by atoms with Crippen LogP contribution in [0, 0.1) is 17.8 Å². The van der Waals surface area contributed by atoms with Gasteiger partial charge >= 0.3 is 12.1 Å². The van der Waals surface area contributed by atoms with Crippen molar-refractivity contribution in [1.82, 2.24) is 10.6 Å². The SMILES string of the molecule is C[C@@H](O)[C@H](NC(=O)C1C[C@@H]2C[C@H](NC(=O)OCC3c4ccccc4-c4ccccc43)[C@@H]2C1)C(=O)O. The third-order valence-electron chi connectivity index (χ3n) is 7.89. The van der Waals surface area contributed by atoms with Gasteiger partial charge in [-0.3, -0.25) is 4.79 Å². The second-order valence-corrected chi connectivity index (χ2v) is 9.97. The second-order valence-electron chi connectivity index (χ2n) is 9.97. The van der Waals surface area contributed by atoms with Crippen molar-refractivity contribution in [2.45, 2.75) is 50.3 Å². The molecule has 0 heterocycles. The van der Waals surface area contributed by atoms with E-state index in [1.165, 1.54) is 18.1 Å². The Balaban J connectivity index is 1.14. The van der Waals surface area contributed by atoms with Gasteiger partial charge in [-0.15, -0.1) is 0 Å². The number of carbonyl (C=O) groups is 3. The summed E-state index contributed by atoms with van der Waals surface area (Å²) in [6.07, 6.45) is 0.376. The van der Waals surface area contributed by atoms with E-state index in [2.05, 4.69) is 34.9 Å². The molecule has 4 N–H and O–H groups in total. The van der Waals surface area contributed by atoms with Gasteiger partial charge in [-0.1, -0.05) is 48.5 Å². The van der Waals surface area contributed by atoms with Gasteiger partial charge in [0, 0.05) is 17.9 Å². The minimum absolute atomic E-state index is 0.00190. The van der Waals surface area contributed by atoms with Crippen LogP contribution in [-0.2, 0) is 14.3 Å². The fourth-order valence-electron chi connectivity index (χ4n) is 6.06. The molecule has 3 aliphatic carbocycles. The van der Waals surface area contributed by atoms with Gasteiger partial charge in [0.2, 0.25) is 5.91 Å². The van der Waals surface area contributed by atoms with Crippen molar-refractivity contribution in [3.8, 4) is 11.1 Å². The molecule has 8 heteroatoms. The maximum Gasteiger partial charge on any atom is 0.407 e. The summed E-state index contributed by atoms with van der Waals surface area (Å²) < 4.78 is 5.65. The van der Waals surface area contributed by atoms with Crippen LogP contribution >= 0.6 is 0 Å². The molecule has 3 aliphatic rings. The van der Waals surface area contributed by atoms with Crippen molar-refractivity contribution in [2.75, 3.05) is 6.61 Å². The Labute approximate surface area is 203 Å². The summed E-state index contributed by atoms with van der Waals surface area (Å²) in [5.74, 6) is -1.45. The number of rotatable bonds is 7. The lowest BCUT2D eigenvalue weighted by Crippen LogP contribution is -2.50. The van der Waals surface area contributed by atoms with Crippen molar-refractivity contribution < 1.29 is 29.3 Å². The second kappa shape index (κ2) is 9.34. The van der Waals surface area contributed by atoms with Crippen LogP contribution in [0.1, 0.15) is 43.2 Å².